The second-order valence-corrected chi connectivity index (χ2v) is 8.11. The van der Waals surface area contributed by atoms with Crippen LogP contribution in [0.1, 0.15) is 46.6 Å². The summed E-state index contributed by atoms with van der Waals surface area (Å²) in [6.45, 7) is 3.38. The molecule has 148 valence electrons. The van der Waals surface area contributed by atoms with Gasteiger partial charge in [-0.15, -0.1) is 0 Å². The van der Waals surface area contributed by atoms with E-state index in [0.29, 0.717) is 16.1 Å². The van der Waals surface area contributed by atoms with E-state index in [2.05, 4.69) is 11.1 Å². The highest BCUT2D eigenvalue weighted by Crippen LogP contribution is 2.45. The standard InChI is InChI=1S/C22H19ClN2O4/c1-22(2)16-7-18(29-10-13(27)9-26)11(8-24)5-15(16)20(28)19-14-4-3-12(23)6-17(14)25-21(19)22/h3-7,13,25-27H,9-10H2,1-2H3. The first-order chi connectivity index (χ1) is 13.8. The molecule has 1 heterocycles. The molecular weight excluding hydrogens is 392 g/mol. The number of carbonyl (C=O) groups excluding carboxylic acids is 1. The first-order valence-corrected chi connectivity index (χ1v) is 9.52. The fourth-order valence-corrected chi connectivity index (χ4v) is 4.05. The van der Waals surface area contributed by atoms with Gasteiger partial charge in [0, 0.05) is 32.6 Å². The average molecular weight is 411 g/mol. The Kier molecular flexibility index (Phi) is 4.62. The molecule has 2 aromatic carbocycles. The summed E-state index contributed by atoms with van der Waals surface area (Å²) in [5, 5.41) is 29.5. The van der Waals surface area contributed by atoms with Crippen LogP contribution >= 0.6 is 11.6 Å². The zero-order valence-electron chi connectivity index (χ0n) is 15.9. The van der Waals surface area contributed by atoms with Gasteiger partial charge in [-0.3, -0.25) is 4.79 Å². The van der Waals surface area contributed by atoms with Crippen LogP contribution in [0.5, 0.6) is 5.75 Å². The van der Waals surface area contributed by atoms with Gasteiger partial charge in [0.25, 0.3) is 0 Å². The van der Waals surface area contributed by atoms with E-state index in [0.717, 1.165) is 22.2 Å². The van der Waals surface area contributed by atoms with Crippen LogP contribution < -0.4 is 4.74 Å². The highest BCUT2D eigenvalue weighted by molar-refractivity contribution is 6.31. The van der Waals surface area contributed by atoms with E-state index in [1.807, 2.05) is 19.9 Å². The molecule has 1 aromatic heterocycles. The summed E-state index contributed by atoms with van der Waals surface area (Å²) in [6, 6.07) is 10.6. The van der Waals surface area contributed by atoms with Gasteiger partial charge >= 0.3 is 0 Å². The lowest BCUT2D eigenvalue weighted by Crippen LogP contribution is -2.30. The Balaban J connectivity index is 1.90. The van der Waals surface area contributed by atoms with Crippen molar-refractivity contribution in [2.45, 2.75) is 25.4 Å². The molecule has 0 spiro atoms. The van der Waals surface area contributed by atoms with Gasteiger partial charge in [0.1, 0.15) is 24.5 Å². The van der Waals surface area contributed by atoms with Crippen molar-refractivity contribution in [3.8, 4) is 11.8 Å². The number of hydrogen-bond acceptors (Lipinski definition) is 5. The number of benzene rings is 2. The largest absolute Gasteiger partial charge is 0.489 e. The van der Waals surface area contributed by atoms with Gasteiger partial charge in [0.15, 0.2) is 5.78 Å². The third-order valence-corrected chi connectivity index (χ3v) is 5.65. The lowest BCUT2D eigenvalue weighted by molar-refractivity contribution is 0.0534. The molecule has 1 aliphatic rings. The molecule has 7 heteroatoms. The van der Waals surface area contributed by atoms with Crippen LogP contribution in [0.2, 0.25) is 5.02 Å². The van der Waals surface area contributed by atoms with Crippen LogP contribution in [0.4, 0.5) is 0 Å². The molecule has 1 unspecified atom stereocenters. The van der Waals surface area contributed by atoms with Crippen molar-refractivity contribution in [1.82, 2.24) is 4.98 Å². The molecular formula is C22H19ClN2O4. The zero-order chi connectivity index (χ0) is 20.9. The second-order valence-electron chi connectivity index (χ2n) is 7.67. The van der Waals surface area contributed by atoms with Crippen LogP contribution in [0.25, 0.3) is 10.9 Å². The van der Waals surface area contributed by atoms with E-state index in [-0.39, 0.29) is 23.7 Å². The summed E-state index contributed by atoms with van der Waals surface area (Å²) in [6.07, 6.45) is -1.06. The Bertz CT molecular complexity index is 1190. The summed E-state index contributed by atoms with van der Waals surface area (Å²) in [5.41, 5.74) is 2.95. The summed E-state index contributed by atoms with van der Waals surface area (Å²) in [5.74, 6) is 0.101. The Labute approximate surface area is 172 Å². The van der Waals surface area contributed by atoms with E-state index in [1.165, 1.54) is 6.07 Å². The molecule has 1 atom stereocenters. The van der Waals surface area contributed by atoms with Crippen LogP contribution in [-0.2, 0) is 5.41 Å². The quantitative estimate of drug-likeness (QED) is 0.611. The Morgan fingerprint density at radius 1 is 1.31 bits per heavy atom. The van der Waals surface area contributed by atoms with Crippen LogP contribution in [-0.4, -0.2) is 40.3 Å². The summed E-state index contributed by atoms with van der Waals surface area (Å²) in [7, 11) is 0. The van der Waals surface area contributed by atoms with E-state index < -0.39 is 18.1 Å². The minimum Gasteiger partial charge on any atom is -0.489 e. The van der Waals surface area contributed by atoms with Gasteiger partial charge < -0.3 is 19.9 Å². The van der Waals surface area contributed by atoms with Crippen LogP contribution in [0.15, 0.2) is 30.3 Å². The number of rotatable bonds is 4. The third-order valence-electron chi connectivity index (χ3n) is 5.41. The maximum absolute atomic E-state index is 13.4. The van der Waals surface area contributed by atoms with Crippen molar-refractivity contribution >= 4 is 28.3 Å². The zero-order valence-corrected chi connectivity index (χ0v) is 16.7. The highest BCUT2D eigenvalue weighted by atomic mass is 35.5. The number of H-pyrrole nitrogens is 1. The van der Waals surface area contributed by atoms with Gasteiger partial charge in [-0.05, 0) is 29.8 Å². The average Bonchev–Trinajstić information content (AvgIpc) is 3.09. The number of aromatic amines is 1. The lowest BCUT2D eigenvalue weighted by Gasteiger charge is -2.32. The van der Waals surface area contributed by atoms with Crippen molar-refractivity contribution in [1.29, 1.82) is 5.26 Å². The minimum atomic E-state index is -1.06. The first kappa shape index (κ1) is 19.5. The van der Waals surface area contributed by atoms with Crippen LogP contribution in [0, 0.1) is 11.3 Å². The number of ether oxygens (including phenoxy) is 1. The molecule has 4 rings (SSSR count). The molecule has 0 bridgehead atoms. The maximum atomic E-state index is 13.4. The number of hydrogen-bond donors (Lipinski definition) is 3. The topological polar surface area (TPSA) is 106 Å². The predicted octanol–water partition coefficient (Wildman–Crippen LogP) is 3.30. The van der Waals surface area contributed by atoms with E-state index in [4.69, 9.17) is 21.4 Å². The molecule has 6 nitrogen and oxygen atoms in total. The van der Waals surface area contributed by atoms with Gasteiger partial charge in [-0.1, -0.05) is 31.5 Å². The number of nitrogens with zero attached hydrogens (tertiary/aromatic N) is 1. The molecule has 0 saturated heterocycles. The second kappa shape index (κ2) is 6.89. The molecule has 0 saturated carbocycles. The number of halogens is 1. The number of aliphatic hydroxyl groups excluding tert-OH is 2. The lowest BCUT2D eigenvalue weighted by atomic mass is 9.71. The van der Waals surface area contributed by atoms with Crippen molar-refractivity contribution in [2.75, 3.05) is 13.2 Å². The number of nitriles is 1. The number of nitrogens with one attached hydrogen (secondary N) is 1. The first-order valence-electron chi connectivity index (χ1n) is 9.14. The van der Waals surface area contributed by atoms with Gasteiger partial charge in [0.05, 0.1) is 17.7 Å². The molecule has 3 aromatic rings. The SMILES string of the molecule is CC1(C)c2cc(OCC(O)CO)c(C#N)cc2C(=O)c2c1[nH]c1cc(Cl)ccc21. The summed E-state index contributed by atoms with van der Waals surface area (Å²) in [4.78, 5) is 16.7. The molecule has 0 amide bonds. The van der Waals surface area contributed by atoms with Crippen LogP contribution in [0.3, 0.4) is 0 Å². The summed E-state index contributed by atoms with van der Waals surface area (Å²) < 4.78 is 5.57. The van der Waals surface area contributed by atoms with E-state index in [1.54, 1.807) is 18.2 Å². The molecule has 1 aliphatic carbocycles. The van der Waals surface area contributed by atoms with E-state index in [9.17, 15) is 15.2 Å². The van der Waals surface area contributed by atoms with Gasteiger partial charge in [0.2, 0.25) is 0 Å². The summed E-state index contributed by atoms with van der Waals surface area (Å²) >= 11 is 6.12. The maximum Gasteiger partial charge on any atom is 0.195 e. The minimum absolute atomic E-state index is 0.158. The number of carbonyl (C=O) groups is 1. The number of ketones is 1. The molecule has 0 fully saturated rings. The Morgan fingerprint density at radius 2 is 2.07 bits per heavy atom. The Hall–Kier alpha value is -2.85. The molecule has 3 N–H and O–H groups in total. The number of aliphatic hydroxyl groups is 2. The number of fused-ring (bicyclic) bond motifs is 4. The fraction of sp³-hybridized carbons (Fsp3) is 0.273. The molecule has 29 heavy (non-hydrogen) atoms. The van der Waals surface area contributed by atoms with Gasteiger partial charge in [-0.2, -0.15) is 5.26 Å². The number of aromatic nitrogens is 1. The monoisotopic (exact) mass is 410 g/mol. The van der Waals surface area contributed by atoms with Crippen molar-refractivity contribution < 1.29 is 19.7 Å². The third kappa shape index (κ3) is 2.99. The van der Waals surface area contributed by atoms with E-state index >= 15 is 0 Å². The highest BCUT2D eigenvalue weighted by Gasteiger charge is 2.40. The fourth-order valence-electron chi connectivity index (χ4n) is 3.87. The van der Waals surface area contributed by atoms with Gasteiger partial charge in [-0.25, -0.2) is 0 Å². The normalized spacial score (nSPS) is 15.5. The van der Waals surface area contributed by atoms with Crippen molar-refractivity contribution in [3.05, 3.63) is 63.3 Å². The Morgan fingerprint density at radius 3 is 2.76 bits per heavy atom. The van der Waals surface area contributed by atoms with Crippen molar-refractivity contribution in [3.63, 3.8) is 0 Å². The smallest absolute Gasteiger partial charge is 0.195 e. The van der Waals surface area contributed by atoms with Crippen molar-refractivity contribution in [2.24, 2.45) is 0 Å². The predicted molar refractivity (Wildman–Crippen MR) is 109 cm³/mol. The molecule has 0 aliphatic heterocycles. The molecule has 0 radical (unpaired) electrons.